The minimum absolute atomic E-state index is 0.0791. The second kappa shape index (κ2) is 6.44. The van der Waals surface area contributed by atoms with Crippen LogP contribution in [0.25, 0.3) is 0 Å². The number of carbonyl (C=O) groups excluding carboxylic acids is 1. The highest BCUT2D eigenvalue weighted by atomic mass is 16.4. The predicted molar refractivity (Wildman–Crippen MR) is 61.6 cm³/mol. The molecule has 0 bridgehead atoms. The summed E-state index contributed by atoms with van der Waals surface area (Å²) in [6.45, 7) is 1.65. The Hall–Kier alpha value is -1.30. The summed E-state index contributed by atoms with van der Waals surface area (Å²) in [6, 6.07) is -0.641. The minimum atomic E-state index is -0.932. The van der Waals surface area contributed by atoms with Gasteiger partial charge in [-0.25, -0.2) is 4.79 Å². The first-order valence-electron chi connectivity index (χ1n) is 5.94. The predicted octanol–water partition coefficient (Wildman–Crippen LogP) is 0.452. The van der Waals surface area contributed by atoms with E-state index in [0.717, 1.165) is 12.8 Å². The van der Waals surface area contributed by atoms with Crippen molar-refractivity contribution in [1.29, 1.82) is 0 Å². The van der Waals surface area contributed by atoms with Gasteiger partial charge in [0, 0.05) is 12.1 Å². The molecule has 6 nitrogen and oxygen atoms in total. The first kappa shape index (κ1) is 13.8. The van der Waals surface area contributed by atoms with E-state index < -0.39 is 5.97 Å². The second-order valence-corrected chi connectivity index (χ2v) is 4.62. The lowest BCUT2D eigenvalue weighted by Gasteiger charge is -2.26. The first-order valence-corrected chi connectivity index (χ1v) is 5.94. The summed E-state index contributed by atoms with van der Waals surface area (Å²) in [6.07, 6.45) is 2.60. The van der Waals surface area contributed by atoms with Crippen molar-refractivity contribution in [2.75, 3.05) is 0 Å². The van der Waals surface area contributed by atoms with Gasteiger partial charge in [0.2, 0.25) is 0 Å². The summed E-state index contributed by atoms with van der Waals surface area (Å²) in [5.74, 6) is -0.932. The number of aliphatic hydroxyl groups is 1. The maximum atomic E-state index is 11.5. The van der Waals surface area contributed by atoms with Gasteiger partial charge in [-0.3, -0.25) is 4.79 Å². The van der Waals surface area contributed by atoms with Crippen LogP contribution in [-0.4, -0.2) is 40.4 Å². The van der Waals surface area contributed by atoms with Gasteiger partial charge in [0.05, 0.1) is 12.5 Å². The number of carboxylic acids is 1. The highest BCUT2D eigenvalue weighted by molar-refractivity contribution is 5.75. The SMILES string of the molecule is CC(CC(=O)O)NC(=O)NC1CCC(O)CC1. The number of nitrogens with one attached hydrogen (secondary N) is 2. The minimum Gasteiger partial charge on any atom is -0.481 e. The normalized spacial score (nSPS) is 26.0. The van der Waals surface area contributed by atoms with Crippen molar-refractivity contribution in [2.24, 2.45) is 0 Å². The molecule has 0 aromatic rings. The number of aliphatic hydroxyl groups excluding tert-OH is 1. The zero-order valence-corrected chi connectivity index (χ0v) is 9.98. The number of urea groups is 1. The summed E-state index contributed by atoms with van der Waals surface area (Å²) in [5.41, 5.74) is 0. The third-order valence-corrected chi connectivity index (χ3v) is 2.89. The Morgan fingerprint density at radius 2 is 1.88 bits per heavy atom. The van der Waals surface area contributed by atoms with Gasteiger partial charge < -0.3 is 20.8 Å². The smallest absolute Gasteiger partial charge is 0.315 e. The largest absolute Gasteiger partial charge is 0.481 e. The lowest BCUT2D eigenvalue weighted by atomic mass is 9.93. The maximum Gasteiger partial charge on any atom is 0.315 e. The van der Waals surface area contributed by atoms with Crippen molar-refractivity contribution in [1.82, 2.24) is 10.6 Å². The zero-order chi connectivity index (χ0) is 12.8. The van der Waals surface area contributed by atoms with E-state index in [1.54, 1.807) is 6.92 Å². The molecule has 0 aromatic heterocycles. The number of amides is 2. The van der Waals surface area contributed by atoms with Crippen molar-refractivity contribution in [3.63, 3.8) is 0 Å². The molecule has 1 fully saturated rings. The summed E-state index contributed by atoms with van der Waals surface area (Å²) in [4.78, 5) is 21.9. The average Bonchev–Trinajstić information content (AvgIpc) is 2.19. The second-order valence-electron chi connectivity index (χ2n) is 4.62. The molecule has 1 saturated carbocycles. The molecule has 2 amide bonds. The van der Waals surface area contributed by atoms with Crippen LogP contribution in [0.2, 0.25) is 0 Å². The molecule has 1 atom stereocenters. The Bertz CT molecular complexity index is 275. The van der Waals surface area contributed by atoms with Crippen LogP contribution in [0.4, 0.5) is 4.79 Å². The van der Waals surface area contributed by atoms with E-state index in [9.17, 15) is 14.7 Å². The molecule has 1 aliphatic carbocycles. The number of carbonyl (C=O) groups is 2. The zero-order valence-electron chi connectivity index (χ0n) is 9.98. The molecule has 6 heteroatoms. The standard InChI is InChI=1S/C11H20N2O4/c1-7(6-10(15)16)12-11(17)13-8-2-4-9(14)5-3-8/h7-9,14H,2-6H2,1H3,(H,15,16)(H2,12,13,17). The number of hydrogen-bond donors (Lipinski definition) is 4. The van der Waals surface area contributed by atoms with Crippen LogP contribution in [0.15, 0.2) is 0 Å². The van der Waals surface area contributed by atoms with Gasteiger partial charge in [-0.1, -0.05) is 0 Å². The van der Waals surface area contributed by atoms with E-state index >= 15 is 0 Å². The van der Waals surface area contributed by atoms with Gasteiger partial charge in [0.25, 0.3) is 0 Å². The number of carboxylic acid groups (broad SMARTS) is 1. The summed E-state index contributed by atoms with van der Waals surface area (Å²) < 4.78 is 0. The fourth-order valence-electron chi connectivity index (χ4n) is 1.98. The van der Waals surface area contributed by atoms with E-state index in [4.69, 9.17) is 5.11 Å². The van der Waals surface area contributed by atoms with E-state index in [0.29, 0.717) is 12.8 Å². The Kier molecular flexibility index (Phi) is 5.21. The van der Waals surface area contributed by atoms with Crippen LogP contribution in [0.1, 0.15) is 39.0 Å². The van der Waals surface area contributed by atoms with Crippen molar-refractivity contribution in [3.05, 3.63) is 0 Å². The van der Waals surface area contributed by atoms with Gasteiger partial charge in [-0.05, 0) is 32.6 Å². The third kappa shape index (κ3) is 5.53. The number of aliphatic carboxylic acids is 1. The Morgan fingerprint density at radius 1 is 1.29 bits per heavy atom. The summed E-state index contributed by atoms with van der Waals surface area (Å²) in [5, 5.41) is 23.2. The van der Waals surface area contributed by atoms with Crippen molar-refractivity contribution in [3.8, 4) is 0 Å². The van der Waals surface area contributed by atoms with Crippen LogP contribution in [0.3, 0.4) is 0 Å². The van der Waals surface area contributed by atoms with Gasteiger partial charge in [0.1, 0.15) is 0 Å². The maximum absolute atomic E-state index is 11.5. The molecule has 1 aliphatic rings. The molecule has 0 heterocycles. The van der Waals surface area contributed by atoms with Crippen LogP contribution in [-0.2, 0) is 4.79 Å². The van der Waals surface area contributed by atoms with E-state index in [2.05, 4.69) is 10.6 Å². The molecule has 0 aromatic carbocycles. The fourth-order valence-corrected chi connectivity index (χ4v) is 1.98. The first-order chi connectivity index (χ1) is 7.97. The Morgan fingerprint density at radius 3 is 2.41 bits per heavy atom. The molecule has 0 aliphatic heterocycles. The Labute approximate surface area is 100 Å². The number of hydrogen-bond acceptors (Lipinski definition) is 3. The molecule has 17 heavy (non-hydrogen) atoms. The van der Waals surface area contributed by atoms with Crippen LogP contribution in [0, 0.1) is 0 Å². The van der Waals surface area contributed by atoms with Crippen molar-refractivity contribution in [2.45, 2.75) is 57.2 Å². The molecule has 4 N–H and O–H groups in total. The topological polar surface area (TPSA) is 98.7 Å². The van der Waals surface area contributed by atoms with Gasteiger partial charge >= 0.3 is 12.0 Å². The Balaban J connectivity index is 2.22. The average molecular weight is 244 g/mol. The lowest BCUT2D eigenvalue weighted by molar-refractivity contribution is -0.137. The van der Waals surface area contributed by atoms with E-state index in [-0.39, 0.29) is 30.6 Å². The van der Waals surface area contributed by atoms with Crippen molar-refractivity contribution < 1.29 is 19.8 Å². The number of rotatable bonds is 4. The molecule has 0 saturated heterocycles. The molecule has 98 valence electrons. The summed E-state index contributed by atoms with van der Waals surface area (Å²) in [7, 11) is 0. The quantitative estimate of drug-likeness (QED) is 0.577. The van der Waals surface area contributed by atoms with E-state index in [1.165, 1.54) is 0 Å². The van der Waals surface area contributed by atoms with Crippen LogP contribution in [0.5, 0.6) is 0 Å². The van der Waals surface area contributed by atoms with Gasteiger partial charge in [0.15, 0.2) is 0 Å². The fraction of sp³-hybridized carbons (Fsp3) is 0.818. The van der Waals surface area contributed by atoms with Gasteiger partial charge in [-0.2, -0.15) is 0 Å². The monoisotopic (exact) mass is 244 g/mol. The van der Waals surface area contributed by atoms with Gasteiger partial charge in [-0.15, -0.1) is 0 Å². The lowest BCUT2D eigenvalue weighted by Crippen LogP contribution is -2.47. The van der Waals surface area contributed by atoms with Crippen LogP contribution < -0.4 is 10.6 Å². The molecular weight excluding hydrogens is 224 g/mol. The highest BCUT2D eigenvalue weighted by Gasteiger charge is 2.21. The summed E-state index contributed by atoms with van der Waals surface area (Å²) >= 11 is 0. The molecule has 1 rings (SSSR count). The molecule has 0 spiro atoms. The van der Waals surface area contributed by atoms with Crippen LogP contribution >= 0.6 is 0 Å². The molecule has 0 radical (unpaired) electrons. The highest BCUT2D eigenvalue weighted by Crippen LogP contribution is 2.18. The third-order valence-electron chi connectivity index (χ3n) is 2.89. The van der Waals surface area contributed by atoms with Crippen molar-refractivity contribution >= 4 is 12.0 Å². The molecule has 1 unspecified atom stereocenters. The van der Waals surface area contributed by atoms with E-state index in [1.807, 2.05) is 0 Å². The molecular formula is C11H20N2O4.